The van der Waals surface area contributed by atoms with Crippen molar-refractivity contribution in [3.63, 3.8) is 0 Å². The molecular weight excluding hydrogens is 418 g/mol. The van der Waals surface area contributed by atoms with Crippen LogP contribution in [0.5, 0.6) is 0 Å². The molecule has 0 radical (unpaired) electrons. The zero-order valence-electron chi connectivity index (χ0n) is 19.6. The van der Waals surface area contributed by atoms with Crippen LogP contribution in [-0.4, -0.2) is 62.6 Å². The van der Waals surface area contributed by atoms with Crippen molar-refractivity contribution in [3.05, 3.63) is 64.7 Å². The first-order chi connectivity index (χ1) is 15.9. The molecule has 1 saturated heterocycles. The second-order valence-corrected chi connectivity index (χ2v) is 8.61. The van der Waals surface area contributed by atoms with Crippen molar-refractivity contribution in [2.24, 2.45) is 7.05 Å². The monoisotopic (exact) mass is 449 g/mol. The van der Waals surface area contributed by atoms with E-state index in [1.54, 1.807) is 15.6 Å². The number of hydrogen-bond donors (Lipinski definition) is 1. The number of carbonyl (C=O) groups excluding carboxylic acids is 1. The van der Waals surface area contributed by atoms with Crippen molar-refractivity contribution >= 4 is 17.4 Å². The first kappa shape index (κ1) is 22.7. The molecule has 9 heteroatoms. The number of amides is 1. The fourth-order valence-electron chi connectivity index (χ4n) is 4.40. The second-order valence-electron chi connectivity index (χ2n) is 8.61. The van der Waals surface area contributed by atoms with E-state index in [-0.39, 0.29) is 17.5 Å². The van der Waals surface area contributed by atoms with Crippen LogP contribution in [0.1, 0.15) is 25.5 Å². The van der Waals surface area contributed by atoms with Gasteiger partial charge in [-0.05, 0) is 58.0 Å². The van der Waals surface area contributed by atoms with Crippen molar-refractivity contribution < 1.29 is 4.79 Å². The Morgan fingerprint density at radius 1 is 1.24 bits per heavy atom. The molecule has 4 rings (SSSR count). The Kier molecular flexibility index (Phi) is 6.60. The summed E-state index contributed by atoms with van der Waals surface area (Å²) in [5.74, 6) is 0.666. The molecule has 1 fully saturated rings. The van der Waals surface area contributed by atoms with Crippen molar-refractivity contribution in [2.75, 3.05) is 30.4 Å². The number of para-hydroxylation sites is 1. The molecule has 2 unspecified atom stereocenters. The van der Waals surface area contributed by atoms with Gasteiger partial charge in [-0.1, -0.05) is 18.2 Å². The highest BCUT2D eigenvalue weighted by atomic mass is 16.2. The lowest BCUT2D eigenvalue weighted by Gasteiger charge is -2.31. The summed E-state index contributed by atoms with van der Waals surface area (Å²) in [7, 11) is 3.76. The normalized spacial score (nSPS) is 16.9. The summed E-state index contributed by atoms with van der Waals surface area (Å²) in [6.07, 6.45) is 3.79. The topological polar surface area (TPSA) is 88.3 Å². The third kappa shape index (κ3) is 4.54. The average molecular weight is 450 g/mol. The Balaban J connectivity index is 1.46. The molecule has 1 N–H and O–H groups in total. The quantitative estimate of drug-likeness (QED) is 0.595. The molecule has 1 aliphatic heterocycles. The number of likely N-dealkylation sites (N-methyl/N-ethyl adjacent to an activating group) is 1. The van der Waals surface area contributed by atoms with E-state index in [1.807, 2.05) is 75.3 Å². The van der Waals surface area contributed by atoms with Crippen LogP contribution in [0.3, 0.4) is 0 Å². The predicted octanol–water partition coefficient (Wildman–Crippen LogP) is 2.20. The SMILES string of the molecule is Cc1c(NC(=O)C(C)N(C)CC2CCCN2c2cccnn2)c(=O)n(-c2ccccc2)n1C. The fraction of sp³-hybridized carbons (Fsp3) is 0.417. The number of hydrogen-bond acceptors (Lipinski definition) is 6. The number of benzene rings is 1. The molecular formula is C24H31N7O2. The van der Waals surface area contributed by atoms with Crippen LogP contribution in [0.15, 0.2) is 53.5 Å². The van der Waals surface area contributed by atoms with E-state index in [4.69, 9.17) is 0 Å². The lowest BCUT2D eigenvalue weighted by atomic mass is 10.1. The lowest BCUT2D eigenvalue weighted by Crippen LogP contribution is -2.46. The van der Waals surface area contributed by atoms with E-state index in [1.165, 1.54) is 0 Å². The van der Waals surface area contributed by atoms with Gasteiger partial charge >= 0.3 is 0 Å². The van der Waals surface area contributed by atoms with Crippen LogP contribution in [0, 0.1) is 6.92 Å². The second kappa shape index (κ2) is 9.58. The number of nitrogens with zero attached hydrogens (tertiary/aromatic N) is 6. The summed E-state index contributed by atoms with van der Waals surface area (Å²) in [5.41, 5.74) is 1.53. The zero-order valence-corrected chi connectivity index (χ0v) is 19.6. The van der Waals surface area contributed by atoms with Gasteiger partial charge < -0.3 is 10.2 Å². The highest BCUT2D eigenvalue weighted by Gasteiger charge is 2.30. The van der Waals surface area contributed by atoms with Crippen molar-refractivity contribution in [1.29, 1.82) is 0 Å². The standard InChI is InChI=1S/C24H31N7O2/c1-17-22(24(33)31(29(17)4)19-10-6-5-7-11-19)26-23(32)18(2)28(3)16-20-12-9-15-30(20)21-13-8-14-25-27-21/h5-8,10-11,13-14,18,20H,9,12,15-16H2,1-4H3,(H,26,32). The number of rotatable bonds is 7. The molecule has 2 atom stereocenters. The van der Waals surface area contributed by atoms with E-state index in [9.17, 15) is 9.59 Å². The van der Waals surface area contributed by atoms with Crippen LogP contribution in [0.4, 0.5) is 11.5 Å². The maximum Gasteiger partial charge on any atom is 0.295 e. The zero-order chi connectivity index (χ0) is 23.5. The van der Waals surface area contributed by atoms with Crippen LogP contribution in [0.25, 0.3) is 5.69 Å². The van der Waals surface area contributed by atoms with E-state index in [2.05, 4.69) is 20.4 Å². The van der Waals surface area contributed by atoms with Gasteiger partial charge in [0.25, 0.3) is 5.56 Å². The van der Waals surface area contributed by atoms with Crippen molar-refractivity contribution in [1.82, 2.24) is 24.5 Å². The van der Waals surface area contributed by atoms with Gasteiger partial charge in [0.2, 0.25) is 5.91 Å². The Labute approximate surface area is 193 Å². The lowest BCUT2D eigenvalue weighted by molar-refractivity contribution is -0.120. The first-order valence-corrected chi connectivity index (χ1v) is 11.3. The summed E-state index contributed by atoms with van der Waals surface area (Å²) in [6.45, 7) is 5.35. The summed E-state index contributed by atoms with van der Waals surface area (Å²) < 4.78 is 3.33. The summed E-state index contributed by atoms with van der Waals surface area (Å²) in [5, 5.41) is 11.1. The fourth-order valence-corrected chi connectivity index (χ4v) is 4.40. The van der Waals surface area contributed by atoms with Crippen molar-refractivity contribution in [2.45, 2.75) is 38.8 Å². The molecule has 0 saturated carbocycles. The number of nitrogens with one attached hydrogen (secondary N) is 1. The third-order valence-electron chi connectivity index (χ3n) is 6.57. The van der Waals surface area contributed by atoms with E-state index in [0.717, 1.165) is 30.9 Å². The predicted molar refractivity (Wildman–Crippen MR) is 129 cm³/mol. The first-order valence-electron chi connectivity index (χ1n) is 11.3. The highest BCUT2D eigenvalue weighted by Crippen LogP contribution is 2.24. The van der Waals surface area contributed by atoms with Gasteiger partial charge in [0.1, 0.15) is 5.69 Å². The minimum Gasteiger partial charge on any atom is -0.351 e. The van der Waals surface area contributed by atoms with Gasteiger partial charge in [-0.25, -0.2) is 4.68 Å². The Morgan fingerprint density at radius 2 is 2.00 bits per heavy atom. The van der Waals surface area contributed by atoms with Crippen LogP contribution < -0.4 is 15.8 Å². The van der Waals surface area contributed by atoms with Gasteiger partial charge in [-0.3, -0.25) is 19.2 Å². The molecule has 1 aromatic carbocycles. The highest BCUT2D eigenvalue weighted by molar-refractivity contribution is 5.95. The van der Waals surface area contributed by atoms with Crippen LogP contribution >= 0.6 is 0 Å². The van der Waals surface area contributed by atoms with Crippen LogP contribution in [-0.2, 0) is 11.8 Å². The third-order valence-corrected chi connectivity index (χ3v) is 6.57. The largest absolute Gasteiger partial charge is 0.351 e. The maximum absolute atomic E-state index is 13.1. The number of aromatic nitrogens is 4. The minimum absolute atomic E-state index is 0.201. The molecule has 174 valence electrons. The average Bonchev–Trinajstić information content (AvgIpc) is 3.37. The Hall–Kier alpha value is -3.46. The summed E-state index contributed by atoms with van der Waals surface area (Å²) in [4.78, 5) is 30.5. The van der Waals surface area contributed by atoms with Gasteiger partial charge in [0, 0.05) is 32.4 Å². The van der Waals surface area contributed by atoms with Gasteiger partial charge in [0.05, 0.1) is 17.4 Å². The summed E-state index contributed by atoms with van der Waals surface area (Å²) in [6, 6.07) is 13.1. The van der Waals surface area contributed by atoms with Crippen LogP contribution in [0.2, 0.25) is 0 Å². The summed E-state index contributed by atoms with van der Waals surface area (Å²) >= 11 is 0. The van der Waals surface area contributed by atoms with E-state index < -0.39 is 6.04 Å². The molecule has 0 aliphatic carbocycles. The molecule has 9 nitrogen and oxygen atoms in total. The molecule has 3 aromatic rings. The minimum atomic E-state index is -0.404. The van der Waals surface area contributed by atoms with Gasteiger partial charge in [-0.2, -0.15) is 5.10 Å². The number of carbonyl (C=O) groups is 1. The molecule has 33 heavy (non-hydrogen) atoms. The molecule has 0 spiro atoms. The number of anilines is 2. The van der Waals surface area contributed by atoms with E-state index >= 15 is 0 Å². The molecule has 3 heterocycles. The molecule has 1 amide bonds. The molecule has 2 aromatic heterocycles. The van der Waals surface area contributed by atoms with E-state index in [0.29, 0.717) is 17.9 Å². The molecule has 1 aliphatic rings. The van der Waals surface area contributed by atoms with Gasteiger partial charge in [0.15, 0.2) is 5.82 Å². The maximum atomic E-state index is 13.1. The Bertz CT molecular complexity index is 1160. The smallest absolute Gasteiger partial charge is 0.295 e. The van der Waals surface area contributed by atoms with Gasteiger partial charge in [-0.15, -0.1) is 5.10 Å². The molecule has 0 bridgehead atoms. The Morgan fingerprint density at radius 3 is 2.70 bits per heavy atom. The van der Waals surface area contributed by atoms with Crippen molar-refractivity contribution in [3.8, 4) is 5.69 Å².